The van der Waals surface area contributed by atoms with Gasteiger partial charge in [-0.05, 0) is 30.9 Å². The van der Waals surface area contributed by atoms with Crippen LogP contribution in [0.1, 0.15) is 51.1 Å². The molecule has 1 heterocycles. The lowest BCUT2D eigenvalue weighted by Crippen LogP contribution is -2.39. The van der Waals surface area contributed by atoms with Crippen molar-refractivity contribution in [3.05, 3.63) is 35.9 Å². The highest BCUT2D eigenvalue weighted by atomic mass is 16.5. The Balaban J connectivity index is 2.26. The Morgan fingerprint density at radius 3 is 2.26 bits per heavy atom. The molecular weight excluding hydrogens is 344 g/mol. The number of hydrogen-bond donors (Lipinski definition) is 2. The van der Waals surface area contributed by atoms with Gasteiger partial charge in [0, 0.05) is 30.5 Å². The molecule has 148 valence electrons. The van der Waals surface area contributed by atoms with Crippen molar-refractivity contribution in [2.45, 2.75) is 51.6 Å². The summed E-state index contributed by atoms with van der Waals surface area (Å²) < 4.78 is 10.7. The van der Waals surface area contributed by atoms with E-state index in [1.165, 1.54) is 0 Å². The number of benzene rings is 1. The summed E-state index contributed by atoms with van der Waals surface area (Å²) in [4.78, 5) is 24.5. The molecule has 0 bridgehead atoms. The van der Waals surface area contributed by atoms with Gasteiger partial charge in [-0.2, -0.15) is 0 Å². The molecule has 1 aromatic rings. The van der Waals surface area contributed by atoms with E-state index < -0.39 is 0 Å². The van der Waals surface area contributed by atoms with E-state index in [0.717, 1.165) is 12.0 Å². The van der Waals surface area contributed by atoms with Crippen molar-refractivity contribution < 1.29 is 19.1 Å². The fourth-order valence-electron chi connectivity index (χ4n) is 3.12. The highest BCUT2D eigenvalue weighted by Gasteiger charge is 2.21. The van der Waals surface area contributed by atoms with Crippen LogP contribution in [0.3, 0.4) is 0 Å². The molecule has 2 amide bonds. The Morgan fingerprint density at radius 2 is 1.63 bits per heavy atom. The highest BCUT2D eigenvalue weighted by molar-refractivity contribution is 5.84. The zero-order chi connectivity index (χ0) is 19.8. The minimum Gasteiger partial charge on any atom is -0.497 e. The summed E-state index contributed by atoms with van der Waals surface area (Å²) >= 11 is 0. The summed E-state index contributed by atoms with van der Waals surface area (Å²) in [6.45, 7) is 4.17. The van der Waals surface area contributed by atoms with Crippen molar-refractivity contribution in [2.24, 2.45) is 5.92 Å². The first kappa shape index (κ1) is 20.8. The first-order chi connectivity index (χ1) is 12.9. The lowest BCUT2D eigenvalue weighted by atomic mass is 9.98. The second-order valence-corrected chi connectivity index (χ2v) is 7.09. The molecule has 0 fully saturated rings. The second-order valence-electron chi connectivity index (χ2n) is 7.09. The fraction of sp³-hybridized carbons (Fsp3) is 0.524. The molecule has 0 spiro atoms. The fourth-order valence-corrected chi connectivity index (χ4v) is 3.12. The van der Waals surface area contributed by atoms with Crippen LogP contribution in [0.2, 0.25) is 0 Å². The third kappa shape index (κ3) is 6.01. The van der Waals surface area contributed by atoms with Crippen LogP contribution in [0.4, 0.5) is 0 Å². The zero-order valence-electron chi connectivity index (χ0n) is 16.6. The first-order valence-electron chi connectivity index (χ1n) is 9.40. The molecule has 1 aromatic carbocycles. The van der Waals surface area contributed by atoms with Crippen molar-refractivity contribution in [3.63, 3.8) is 0 Å². The van der Waals surface area contributed by atoms with Crippen LogP contribution < -0.4 is 20.1 Å². The van der Waals surface area contributed by atoms with Gasteiger partial charge in [0.2, 0.25) is 11.8 Å². The lowest BCUT2D eigenvalue weighted by molar-refractivity contribution is -0.127. The van der Waals surface area contributed by atoms with Crippen molar-refractivity contribution >= 4 is 11.8 Å². The van der Waals surface area contributed by atoms with Gasteiger partial charge < -0.3 is 20.1 Å². The Labute approximate surface area is 161 Å². The standard InChI is InChI=1S/C21H30N2O4/c1-14(2)17-7-5-6-8-18(23-21(25)12-11-20(24)22-17)16-10-9-15(26-3)13-19(16)27-4/h5-6,9-10,13-14,17-18H,7-8,11-12H2,1-4H3,(H,22,24)(H,23,25)/b6-5-/t17-,18+/m1/s1. The molecule has 2 N–H and O–H groups in total. The van der Waals surface area contributed by atoms with Gasteiger partial charge in [-0.25, -0.2) is 0 Å². The summed E-state index contributed by atoms with van der Waals surface area (Å²) in [5.41, 5.74) is 0.887. The molecule has 1 aliphatic heterocycles. The van der Waals surface area contributed by atoms with Gasteiger partial charge in [-0.1, -0.05) is 26.0 Å². The van der Waals surface area contributed by atoms with Crippen LogP contribution in [-0.4, -0.2) is 32.1 Å². The quantitative estimate of drug-likeness (QED) is 0.794. The van der Waals surface area contributed by atoms with E-state index in [0.29, 0.717) is 23.8 Å². The first-order valence-corrected chi connectivity index (χ1v) is 9.40. The van der Waals surface area contributed by atoms with Gasteiger partial charge in [0.1, 0.15) is 11.5 Å². The molecule has 2 atom stereocenters. The van der Waals surface area contributed by atoms with Crippen LogP contribution in [0.5, 0.6) is 11.5 Å². The van der Waals surface area contributed by atoms with Gasteiger partial charge in [0.25, 0.3) is 0 Å². The van der Waals surface area contributed by atoms with Gasteiger partial charge >= 0.3 is 0 Å². The molecule has 0 unspecified atom stereocenters. The number of methoxy groups -OCH3 is 2. The number of rotatable bonds is 4. The number of nitrogens with one attached hydrogen (secondary N) is 2. The smallest absolute Gasteiger partial charge is 0.221 e. The topological polar surface area (TPSA) is 76.7 Å². The summed E-state index contributed by atoms with van der Waals surface area (Å²) in [7, 11) is 3.20. The largest absolute Gasteiger partial charge is 0.497 e. The Hall–Kier alpha value is -2.50. The molecule has 0 aromatic heterocycles. The Bertz CT molecular complexity index is 685. The zero-order valence-corrected chi connectivity index (χ0v) is 16.6. The highest BCUT2D eigenvalue weighted by Crippen LogP contribution is 2.31. The molecule has 1 aliphatic rings. The van der Waals surface area contributed by atoms with Gasteiger partial charge in [-0.3, -0.25) is 9.59 Å². The number of hydrogen-bond acceptors (Lipinski definition) is 4. The van der Waals surface area contributed by atoms with Crippen molar-refractivity contribution in [2.75, 3.05) is 14.2 Å². The maximum Gasteiger partial charge on any atom is 0.221 e. The molecule has 0 aliphatic carbocycles. The predicted octanol–water partition coefficient (Wildman–Crippen LogP) is 3.13. The third-order valence-corrected chi connectivity index (χ3v) is 4.81. The SMILES string of the molecule is COc1ccc([C@@H]2C/C=C\C[C@H](C(C)C)NC(=O)CCC(=O)N2)c(OC)c1. The molecule has 0 saturated carbocycles. The number of carbonyl (C=O) groups excluding carboxylic acids is 2. The molecule has 6 nitrogen and oxygen atoms in total. The van der Waals surface area contributed by atoms with Crippen LogP contribution in [0.15, 0.2) is 30.4 Å². The van der Waals surface area contributed by atoms with Crippen molar-refractivity contribution in [3.8, 4) is 11.5 Å². The van der Waals surface area contributed by atoms with Gasteiger partial charge in [0.15, 0.2) is 0 Å². The van der Waals surface area contributed by atoms with Crippen LogP contribution in [0.25, 0.3) is 0 Å². The van der Waals surface area contributed by atoms with E-state index in [9.17, 15) is 9.59 Å². The Kier molecular flexibility index (Phi) is 7.70. The summed E-state index contributed by atoms with van der Waals surface area (Å²) in [5.74, 6) is 1.45. The average molecular weight is 374 g/mol. The van der Waals surface area contributed by atoms with E-state index in [4.69, 9.17) is 9.47 Å². The van der Waals surface area contributed by atoms with Crippen LogP contribution in [0, 0.1) is 5.92 Å². The number of amides is 2. The maximum absolute atomic E-state index is 12.4. The molecule has 2 rings (SSSR count). The van der Waals surface area contributed by atoms with Crippen molar-refractivity contribution in [1.29, 1.82) is 0 Å². The summed E-state index contributed by atoms with van der Waals surface area (Å²) in [6.07, 6.45) is 5.89. The van der Waals surface area contributed by atoms with E-state index in [2.05, 4.69) is 36.6 Å². The molecule has 6 heteroatoms. The van der Waals surface area contributed by atoms with E-state index in [-0.39, 0.29) is 36.7 Å². The summed E-state index contributed by atoms with van der Waals surface area (Å²) in [6, 6.07) is 5.42. The Morgan fingerprint density at radius 1 is 0.963 bits per heavy atom. The normalized spacial score (nSPS) is 22.9. The van der Waals surface area contributed by atoms with E-state index >= 15 is 0 Å². The molecule has 27 heavy (non-hydrogen) atoms. The monoisotopic (exact) mass is 374 g/mol. The van der Waals surface area contributed by atoms with E-state index in [1.807, 2.05) is 18.2 Å². The lowest BCUT2D eigenvalue weighted by Gasteiger charge is -2.23. The minimum absolute atomic E-state index is 0.0743. The summed E-state index contributed by atoms with van der Waals surface area (Å²) in [5, 5.41) is 6.05. The minimum atomic E-state index is -0.227. The van der Waals surface area contributed by atoms with Crippen molar-refractivity contribution in [1.82, 2.24) is 10.6 Å². The molecule has 0 saturated heterocycles. The molecular formula is C21H30N2O4. The average Bonchev–Trinajstić information content (AvgIpc) is 2.66. The van der Waals surface area contributed by atoms with Crippen LogP contribution >= 0.6 is 0 Å². The number of carbonyl (C=O) groups is 2. The number of ether oxygens (including phenoxy) is 2. The third-order valence-electron chi connectivity index (χ3n) is 4.81. The second kappa shape index (κ2) is 10.00. The molecule has 0 radical (unpaired) electrons. The van der Waals surface area contributed by atoms with E-state index in [1.54, 1.807) is 14.2 Å². The maximum atomic E-state index is 12.4. The van der Waals surface area contributed by atoms with Crippen LogP contribution in [-0.2, 0) is 9.59 Å². The van der Waals surface area contributed by atoms with Gasteiger partial charge in [-0.15, -0.1) is 0 Å². The van der Waals surface area contributed by atoms with Gasteiger partial charge in [0.05, 0.1) is 20.3 Å². The predicted molar refractivity (Wildman–Crippen MR) is 105 cm³/mol.